The molecule has 2 N–H and O–H groups in total. The van der Waals surface area contributed by atoms with Gasteiger partial charge in [-0.05, 0) is 37.8 Å². The van der Waals surface area contributed by atoms with Crippen LogP contribution in [0.25, 0.3) is 0 Å². The topological polar surface area (TPSA) is 84.9 Å². The molecule has 0 heterocycles. The predicted octanol–water partition coefficient (Wildman–Crippen LogP) is 4.58. The van der Waals surface area contributed by atoms with E-state index in [1.165, 1.54) is 0 Å². The second kappa shape index (κ2) is 14.5. The molecule has 6 nitrogen and oxygen atoms in total. The van der Waals surface area contributed by atoms with Gasteiger partial charge in [-0.15, -0.1) is 13.2 Å². The summed E-state index contributed by atoms with van der Waals surface area (Å²) in [6, 6.07) is 7.29. The van der Waals surface area contributed by atoms with Gasteiger partial charge in [0.2, 0.25) is 0 Å². The number of anilines is 1. The normalized spacial score (nSPS) is 11.4. The van der Waals surface area contributed by atoms with Crippen LogP contribution in [0.4, 0.5) is 5.69 Å². The number of nitrogens with one attached hydrogen (secondary N) is 1. The molecule has 0 spiro atoms. The van der Waals surface area contributed by atoms with E-state index >= 15 is 0 Å². The van der Waals surface area contributed by atoms with E-state index in [9.17, 15) is 9.59 Å². The molecule has 6 heteroatoms. The summed E-state index contributed by atoms with van der Waals surface area (Å²) in [7, 11) is 0. The van der Waals surface area contributed by atoms with Crippen molar-refractivity contribution in [3.8, 4) is 5.75 Å². The summed E-state index contributed by atoms with van der Waals surface area (Å²) in [5, 5.41) is 11.6. The van der Waals surface area contributed by atoms with Gasteiger partial charge in [0.25, 0.3) is 5.91 Å². The number of carbonyl (C=O) groups is 2. The number of carbonyl (C=O) groups excluding carboxylic acids is 1. The lowest BCUT2D eigenvalue weighted by Crippen LogP contribution is -2.31. The van der Waals surface area contributed by atoms with Crippen LogP contribution in [0.15, 0.2) is 49.6 Å². The summed E-state index contributed by atoms with van der Waals surface area (Å²) in [5.41, 5.74) is 0.601. The van der Waals surface area contributed by atoms with Gasteiger partial charge in [0, 0.05) is 6.42 Å². The molecule has 0 bridgehead atoms. The van der Waals surface area contributed by atoms with Crippen molar-refractivity contribution in [3.63, 3.8) is 0 Å². The minimum Gasteiger partial charge on any atom is -0.491 e. The van der Waals surface area contributed by atoms with Crippen LogP contribution in [0.1, 0.15) is 44.9 Å². The quantitative estimate of drug-likeness (QED) is 0.319. The Morgan fingerprint density at radius 3 is 2.61 bits per heavy atom. The lowest BCUT2D eigenvalue weighted by Gasteiger charge is -2.18. The van der Waals surface area contributed by atoms with Crippen LogP contribution in [0.2, 0.25) is 0 Å². The third kappa shape index (κ3) is 9.92. The molecule has 0 aliphatic rings. The third-order valence-corrected chi connectivity index (χ3v) is 4.02. The Morgan fingerprint density at radius 2 is 1.89 bits per heavy atom. The van der Waals surface area contributed by atoms with Gasteiger partial charge >= 0.3 is 5.97 Å². The molecule has 1 unspecified atom stereocenters. The van der Waals surface area contributed by atoms with Crippen LogP contribution in [-0.2, 0) is 14.3 Å². The van der Waals surface area contributed by atoms with Gasteiger partial charge in [0.15, 0.2) is 0 Å². The number of carboxylic acid groups (broad SMARTS) is 1. The standard InChI is InChI=1S/C22H31NO5/c1-3-5-11-17-28-19-13-10-9-12-18(19)23-22(26)20(27-16-4-2)14-7-6-8-15-21(24)25/h3-4,9-10,12-13,20H,1-2,5-8,11,14-17H2,(H,23,26)(H,24,25). The maximum absolute atomic E-state index is 12.7. The molecule has 1 atom stereocenters. The fourth-order valence-electron chi connectivity index (χ4n) is 2.58. The van der Waals surface area contributed by atoms with E-state index in [-0.39, 0.29) is 18.9 Å². The SMILES string of the molecule is C=CCCCOc1ccccc1NC(=O)C(CCCCCC(=O)O)OCC=C. The zero-order valence-electron chi connectivity index (χ0n) is 16.4. The molecule has 1 aromatic rings. The molecular formula is C22H31NO5. The van der Waals surface area contributed by atoms with Gasteiger partial charge in [0.05, 0.1) is 18.9 Å². The maximum atomic E-state index is 12.7. The number of hydrogen-bond acceptors (Lipinski definition) is 4. The van der Waals surface area contributed by atoms with Crippen LogP contribution in [0, 0.1) is 0 Å². The molecular weight excluding hydrogens is 358 g/mol. The average molecular weight is 389 g/mol. The van der Waals surface area contributed by atoms with E-state index in [1.807, 2.05) is 24.3 Å². The number of para-hydroxylation sites is 2. The number of benzene rings is 1. The zero-order valence-corrected chi connectivity index (χ0v) is 16.4. The maximum Gasteiger partial charge on any atom is 0.303 e. The Bertz CT molecular complexity index is 629. The Kier molecular flexibility index (Phi) is 12.1. The molecule has 0 aromatic heterocycles. The van der Waals surface area contributed by atoms with Crippen molar-refractivity contribution in [2.45, 2.75) is 51.0 Å². The van der Waals surface area contributed by atoms with Crippen LogP contribution in [0.5, 0.6) is 5.75 Å². The van der Waals surface area contributed by atoms with E-state index in [1.54, 1.807) is 12.1 Å². The van der Waals surface area contributed by atoms with Crippen molar-refractivity contribution < 1.29 is 24.2 Å². The van der Waals surface area contributed by atoms with Gasteiger partial charge in [-0.2, -0.15) is 0 Å². The Hall–Kier alpha value is -2.60. The molecule has 0 fully saturated rings. The number of ether oxygens (including phenoxy) is 2. The van der Waals surface area contributed by atoms with E-state index in [0.717, 1.165) is 19.3 Å². The minimum absolute atomic E-state index is 0.140. The molecule has 0 aliphatic carbocycles. The summed E-state index contributed by atoms with van der Waals surface area (Å²) < 4.78 is 11.4. The zero-order chi connectivity index (χ0) is 20.6. The van der Waals surface area contributed by atoms with Gasteiger partial charge < -0.3 is 19.9 Å². The van der Waals surface area contributed by atoms with Gasteiger partial charge in [0.1, 0.15) is 11.9 Å². The Labute approximate surface area is 167 Å². The first kappa shape index (κ1) is 23.4. The van der Waals surface area contributed by atoms with E-state index in [0.29, 0.717) is 37.3 Å². The van der Waals surface area contributed by atoms with Crippen molar-refractivity contribution >= 4 is 17.6 Å². The van der Waals surface area contributed by atoms with E-state index in [4.69, 9.17) is 14.6 Å². The number of unbranched alkanes of at least 4 members (excludes halogenated alkanes) is 3. The van der Waals surface area contributed by atoms with Crippen LogP contribution < -0.4 is 10.1 Å². The van der Waals surface area contributed by atoms with E-state index < -0.39 is 12.1 Å². The second-order valence-corrected chi connectivity index (χ2v) is 6.37. The molecule has 1 amide bonds. The highest BCUT2D eigenvalue weighted by Gasteiger charge is 2.20. The summed E-state index contributed by atoms with van der Waals surface area (Å²) in [6.07, 6.45) is 7.22. The Morgan fingerprint density at radius 1 is 1.11 bits per heavy atom. The highest BCUT2D eigenvalue weighted by molar-refractivity contribution is 5.95. The summed E-state index contributed by atoms with van der Waals surface area (Å²) in [4.78, 5) is 23.3. The monoisotopic (exact) mass is 389 g/mol. The fraction of sp³-hybridized carbons (Fsp3) is 0.455. The highest BCUT2D eigenvalue weighted by Crippen LogP contribution is 2.25. The summed E-state index contributed by atoms with van der Waals surface area (Å²) in [6.45, 7) is 8.12. The van der Waals surface area contributed by atoms with Crippen LogP contribution >= 0.6 is 0 Å². The van der Waals surface area contributed by atoms with Gasteiger partial charge in [-0.1, -0.05) is 37.1 Å². The van der Waals surface area contributed by atoms with Crippen molar-refractivity contribution in [3.05, 3.63) is 49.6 Å². The number of amides is 1. The van der Waals surface area contributed by atoms with Gasteiger partial charge in [-0.25, -0.2) is 0 Å². The van der Waals surface area contributed by atoms with Crippen molar-refractivity contribution in [1.82, 2.24) is 0 Å². The largest absolute Gasteiger partial charge is 0.491 e. The molecule has 0 saturated carbocycles. The summed E-state index contributed by atoms with van der Waals surface area (Å²) >= 11 is 0. The lowest BCUT2D eigenvalue weighted by molar-refractivity contribution is -0.137. The molecule has 0 aliphatic heterocycles. The smallest absolute Gasteiger partial charge is 0.303 e. The molecule has 154 valence electrons. The molecule has 1 aromatic carbocycles. The van der Waals surface area contributed by atoms with Gasteiger partial charge in [-0.3, -0.25) is 9.59 Å². The number of carboxylic acids is 1. The third-order valence-electron chi connectivity index (χ3n) is 4.02. The average Bonchev–Trinajstić information content (AvgIpc) is 2.68. The number of rotatable bonds is 16. The minimum atomic E-state index is -0.804. The molecule has 0 saturated heterocycles. The van der Waals surface area contributed by atoms with E-state index in [2.05, 4.69) is 18.5 Å². The predicted molar refractivity (Wildman–Crippen MR) is 111 cm³/mol. The van der Waals surface area contributed by atoms with Crippen LogP contribution in [0.3, 0.4) is 0 Å². The first-order valence-corrected chi connectivity index (χ1v) is 9.66. The first-order valence-electron chi connectivity index (χ1n) is 9.66. The van der Waals surface area contributed by atoms with Crippen molar-refractivity contribution in [2.75, 3.05) is 18.5 Å². The summed E-state index contributed by atoms with van der Waals surface area (Å²) in [5.74, 6) is -0.437. The highest BCUT2D eigenvalue weighted by atomic mass is 16.5. The fourth-order valence-corrected chi connectivity index (χ4v) is 2.58. The van der Waals surface area contributed by atoms with Crippen molar-refractivity contribution in [2.24, 2.45) is 0 Å². The number of allylic oxidation sites excluding steroid dienone is 1. The molecule has 1 rings (SSSR count). The Balaban J connectivity index is 2.61. The second-order valence-electron chi connectivity index (χ2n) is 6.37. The molecule has 0 radical (unpaired) electrons. The lowest BCUT2D eigenvalue weighted by atomic mass is 10.1. The van der Waals surface area contributed by atoms with Crippen LogP contribution in [-0.4, -0.2) is 36.3 Å². The first-order chi connectivity index (χ1) is 13.6. The molecule has 28 heavy (non-hydrogen) atoms. The number of hydrogen-bond donors (Lipinski definition) is 2. The van der Waals surface area contributed by atoms with Crippen molar-refractivity contribution in [1.29, 1.82) is 0 Å². The number of aliphatic carboxylic acids is 1.